The molecule has 1 fully saturated rings. The van der Waals surface area contributed by atoms with Crippen molar-refractivity contribution in [1.29, 1.82) is 0 Å². The van der Waals surface area contributed by atoms with Gasteiger partial charge in [-0.25, -0.2) is 0 Å². The number of halogens is 1. The van der Waals surface area contributed by atoms with Crippen LogP contribution in [0.3, 0.4) is 0 Å². The molecule has 0 saturated carbocycles. The maximum absolute atomic E-state index is 13.2. The Morgan fingerprint density at radius 3 is 2.76 bits per heavy atom. The third-order valence-electron chi connectivity index (χ3n) is 5.33. The number of carbonyl (C=O) groups excluding carboxylic acids is 2. The number of nitrogens with one attached hydrogen (secondary N) is 1. The third kappa shape index (κ3) is 3.82. The van der Waals surface area contributed by atoms with Gasteiger partial charge in [0.2, 0.25) is 5.91 Å². The van der Waals surface area contributed by atoms with Gasteiger partial charge in [-0.3, -0.25) is 9.59 Å². The van der Waals surface area contributed by atoms with Crippen LogP contribution >= 0.6 is 22.9 Å². The lowest BCUT2D eigenvalue weighted by Crippen LogP contribution is -2.46. The van der Waals surface area contributed by atoms with Crippen LogP contribution in [0.4, 0.5) is 0 Å². The van der Waals surface area contributed by atoms with Gasteiger partial charge in [0.1, 0.15) is 11.8 Å². The lowest BCUT2D eigenvalue weighted by atomic mass is 10.0. The molecule has 4 rings (SSSR count). The lowest BCUT2D eigenvalue weighted by Gasteiger charge is -2.26. The highest BCUT2D eigenvalue weighted by Crippen LogP contribution is 2.32. The van der Waals surface area contributed by atoms with Gasteiger partial charge in [-0.05, 0) is 43.4 Å². The van der Waals surface area contributed by atoms with Gasteiger partial charge in [-0.15, -0.1) is 11.3 Å². The van der Waals surface area contributed by atoms with Crippen LogP contribution in [0.1, 0.15) is 41.0 Å². The molecule has 2 N–H and O–H groups in total. The summed E-state index contributed by atoms with van der Waals surface area (Å²) in [6.07, 6.45) is 1.35. The van der Waals surface area contributed by atoms with E-state index in [4.69, 9.17) is 11.6 Å². The first-order chi connectivity index (χ1) is 14.0. The standard InChI is InChI=1S/C22H21ClN2O3S/c1-13(18-10-11-19(23)29-18)24-21(27)17-7-4-12-25(17)22(28)16-9-8-14-5-2-3-6-15(14)20(16)26/h2-3,5-6,8-11,13,17,26H,4,7,12H2,1H3,(H,24,27). The lowest BCUT2D eigenvalue weighted by molar-refractivity contribution is -0.125. The van der Waals surface area contributed by atoms with Crippen LogP contribution in [0.15, 0.2) is 48.5 Å². The number of aromatic hydroxyl groups is 1. The van der Waals surface area contributed by atoms with Crippen LogP contribution in [0.25, 0.3) is 10.8 Å². The van der Waals surface area contributed by atoms with E-state index in [1.807, 2.05) is 37.3 Å². The Morgan fingerprint density at radius 2 is 2.00 bits per heavy atom. The molecule has 1 saturated heterocycles. The predicted molar refractivity (Wildman–Crippen MR) is 116 cm³/mol. The first-order valence-corrected chi connectivity index (χ1v) is 10.7. The molecule has 7 heteroatoms. The molecule has 2 heterocycles. The number of amides is 2. The first kappa shape index (κ1) is 19.7. The molecule has 2 amide bonds. The normalized spacial score (nSPS) is 17.4. The molecule has 150 valence electrons. The van der Waals surface area contributed by atoms with Gasteiger partial charge >= 0.3 is 0 Å². The van der Waals surface area contributed by atoms with Crippen molar-refractivity contribution >= 4 is 45.5 Å². The molecule has 0 aliphatic carbocycles. The number of fused-ring (bicyclic) bond motifs is 1. The third-order valence-corrected chi connectivity index (χ3v) is 6.74. The maximum Gasteiger partial charge on any atom is 0.258 e. The molecule has 1 aromatic heterocycles. The second-order valence-corrected chi connectivity index (χ2v) is 8.96. The Kier molecular flexibility index (Phi) is 5.48. The summed E-state index contributed by atoms with van der Waals surface area (Å²) in [5.74, 6) is -0.549. The topological polar surface area (TPSA) is 69.6 Å². The Bertz CT molecular complexity index is 1080. The number of rotatable bonds is 4. The Morgan fingerprint density at radius 1 is 1.21 bits per heavy atom. The van der Waals surface area contributed by atoms with Crippen molar-refractivity contribution in [2.75, 3.05) is 6.54 Å². The van der Waals surface area contributed by atoms with Gasteiger partial charge < -0.3 is 15.3 Å². The number of thiophene rings is 1. The zero-order valence-corrected chi connectivity index (χ0v) is 17.5. The fraction of sp³-hybridized carbons (Fsp3) is 0.273. The Hall–Kier alpha value is -2.57. The SMILES string of the molecule is CC(NC(=O)C1CCCN1C(=O)c1ccc2ccccc2c1O)c1ccc(Cl)s1. The minimum atomic E-state index is -0.550. The summed E-state index contributed by atoms with van der Waals surface area (Å²) in [6, 6.07) is 13.8. The molecule has 2 unspecified atom stereocenters. The molecule has 29 heavy (non-hydrogen) atoms. The van der Waals surface area contributed by atoms with Crippen LogP contribution in [-0.2, 0) is 4.79 Å². The van der Waals surface area contributed by atoms with E-state index in [-0.39, 0.29) is 29.2 Å². The Labute approximate surface area is 177 Å². The summed E-state index contributed by atoms with van der Waals surface area (Å²) in [6.45, 7) is 2.39. The molecule has 2 aromatic carbocycles. The minimum Gasteiger partial charge on any atom is -0.506 e. The number of nitrogens with zero attached hydrogens (tertiary/aromatic N) is 1. The predicted octanol–water partition coefficient (Wildman–Crippen LogP) is 4.74. The molecule has 0 bridgehead atoms. The number of hydrogen-bond donors (Lipinski definition) is 2. The summed E-state index contributed by atoms with van der Waals surface area (Å²) >= 11 is 7.41. The van der Waals surface area contributed by atoms with Crippen molar-refractivity contribution in [2.45, 2.75) is 31.8 Å². The number of phenols is 1. The molecule has 2 atom stereocenters. The molecule has 0 spiro atoms. The summed E-state index contributed by atoms with van der Waals surface area (Å²) < 4.78 is 0.672. The molecule has 1 aliphatic heterocycles. The number of phenolic OH excluding ortho intramolecular Hbond substituents is 1. The van der Waals surface area contributed by atoms with Crippen molar-refractivity contribution in [2.24, 2.45) is 0 Å². The van der Waals surface area contributed by atoms with Gasteiger partial charge in [0.05, 0.1) is 15.9 Å². The molecular weight excluding hydrogens is 408 g/mol. The zero-order valence-electron chi connectivity index (χ0n) is 15.9. The summed E-state index contributed by atoms with van der Waals surface area (Å²) in [4.78, 5) is 28.6. The van der Waals surface area contributed by atoms with Gasteiger partial charge in [0.25, 0.3) is 5.91 Å². The smallest absolute Gasteiger partial charge is 0.258 e. The highest BCUT2D eigenvalue weighted by molar-refractivity contribution is 7.16. The highest BCUT2D eigenvalue weighted by atomic mass is 35.5. The number of benzene rings is 2. The second kappa shape index (κ2) is 8.05. The summed E-state index contributed by atoms with van der Waals surface area (Å²) in [7, 11) is 0. The molecule has 3 aromatic rings. The zero-order chi connectivity index (χ0) is 20.5. The minimum absolute atomic E-state index is 0.0410. The van der Waals surface area contributed by atoms with Crippen molar-refractivity contribution in [3.63, 3.8) is 0 Å². The van der Waals surface area contributed by atoms with Gasteiger partial charge in [-0.1, -0.05) is 41.9 Å². The number of likely N-dealkylation sites (tertiary alicyclic amines) is 1. The molecule has 5 nitrogen and oxygen atoms in total. The van der Waals surface area contributed by atoms with E-state index >= 15 is 0 Å². The van der Waals surface area contributed by atoms with Crippen LogP contribution < -0.4 is 5.32 Å². The number of hydrogen-bond acceptors (Lipinski definition) is 4. The van der Waals surface area contributed by atoms with E-state index in [1.165, 1.54) is 11.3 Å². The number of carbonyl (C=O) groups is 2. The van der Waals surface area contributed by atoms with Crippen LogP contribution in [0, 0.1) is 0 Å². The highest BCUT2D eigenvalue weighted by Gasteiger charge is 2.36. The van der Waals surface area contributed by atoms with E-state index < -0.39 is 6.04 Å². The average molecular weight is 429 g/mol. The van der Waals surface area contributed by atoms with Crippen molar-refractivity contribution in [1.82, 2.24) is 10.2 Å². The Balaban J connectivity index is 1.54. The van der Waals surface area contributed by atoms with Crippen LogP contribution in [0.2, 0.25) is 4.34 Å². The molecule has 0 radical (unpaired) electrons. The van der Waals surface area contributed by atoms with Crippen molar-refractivity contribution in [3.05, 3.63) is 63.3 Å². The summed E-state index contributed by atoms with van der Waals surface area (Å²) in [5.41, 5.74) is 0.224. The van der Waals surface area contributed by atoms with E-state index in [2.05, 4.69) is 5.32 Å². The van der Waals surface area contributed by atoms with Crippen LogP contribution in [-0.4, -0.2) is 34.4 Å². The fourth-order valence-corrected chi connectivity index (χ4v) is 4.87. The quantitative estimate of drug-likeness (QED) is 0.630. The van der Waals surface area contributed by atoms with Crippen LogP contribution in [0.5, 0.6) is 5.75 Å². The molecule has 1 aliphatic rings. The summed E-state index contributed by atoms with van der Waals surface area (Å²) in [5, 5.41) is 15.1. The van der Waals surface area contributed by atoms with Gasteiger partial charge in [0, 0.05) is 16.8 Å². The average Bonchev–Trinajstić information content (AvgIpc) is 3.37. The van der Waals surface area contributed by atoms with E-state index in [9.17, 15) is 14.7 Å². The second-order valence-electron chi connectivity index (χ2n) is 7.21. The van der Waals surface area contributed by atoms with Gasteiger partial charge in [-0.2, -0.15) is 0 Å². The van der Waals surface area contributed by atoms with Gasteiger partial charge in [0.15, 0.2) is 0 Å². The largest absolute Gasteiger partial charge is 0.506 e. The van der Waals surface area contributed by atoms with Crippen molar-refractivity contribution < 1.29 is 14.7 Å². The van der Waals surface area contributed by atoms with E-state index in [0.717, 1.165) is 16.7 Å². The van der Waals surface area contributed by atoms with Crippen molar-refractivity contribution in [3.8, 4) is 5.75 Å². The maximum atomic E-state index is 13.2. The van der Waals surface area contributed by atoms with E-state index in [1.54, 1.807) is 23.1 Å². The monoisotopic (exact) mass is 428 g/mol. The molecular formula is C22H21ClN2O3S. The first-order valence-electron chi connectivity index (χ1n) is 9.53. The van der Waals surface area contributed by atoms with E-state index in [0.29, 0.717) is 22.7 Å². The fourth-order valence-electron chi connectivity index (χ4n) is 3.81.